The largest absolute Gasteiger partial charge is 0.392 e. The maximum atomic E-state index is 13.1. The van der Waals surface area contributed by atoms with Gasteiger partial charge in [-0.3, -0.25) is 10.3 Å². The molecule has 5 nitrogen and oxygen atoms in total. The average Bonchev–Trinajstić information content (AvgIpc) is 2.97. The van der Waals surface area contributed by atoms with Gasteiger partial charge in [-0.05, 0) is 18.1 Å². The molecule has 0 radical (unpaired) electrons. The molecule has 98 valence electrons. The van der Waals surface area contributed by atoms with Gasteiger partial charge in [0.05, 0.1) is 6.10 Å². The molecule has 2 atom stereocenters. The molecule has 0 saturated carbocycles. The number of likely N-dealkylation sites (tertiary alicyclic amines) is 1. The van der Waals surface area contributed by atoms with Crippen LogP contribution in [0.25, 0.3) is 0 Å². The molecule has 3 N–H and O–H groups in total. The van der Waals surface area contributed by atoms with Crippen molar-refractivity contribution in [3.8, 4) is 0 Å². The third-order valence-corrected chi connectivity index (χ3v) is 3.09. The lowest BCUT2D eigenvalue weighted by Gasteiger charge is -2.13. The Morgan fingerprint density at radius 3 is 3.06 bits per heavy atom. The molecule has 0 aromatic carbocycles. The van der Waals surface area contributed by atoms with Gasteiger partial charge in [0.25, 0.3) is 0 Å². The first-order valence-electron chi connectivity index (χ1n) is 5.91. The average molecular weight is 252 g/mol. The van der Waals surface area contributed by atoms with E-state index in [2.05, 4.69) is 4.90 Å². The van der Waals surface area contributed by atoms with E-state index in [9.17, 15) is 9.50 Å². The normalized spacial score (nSPS) is 22.0. The Bertz CT molecular complexity index is 445. The summed E-state index contributed by atoms with van der Waals surface area (Å²) in [4.78, 5) is 2.12. The molecule has 1 saturated heterocycles. The molecule has 0 bridgehead atoms. The van der Waals surface area contributed by atoms with Crippen molar-refractivity contribution in [2.45, 2.75) is 25.2 Å². The number of halogens is 1. The molecule has 2 heterocycles. The fourth-order valence-electron chi connectivity index (χ4n) is 2.12. The summed E-state index contributed by atoms with van der Waals surface area (Å²) in [5.74, 6) is -0.252. The van der Waals surface area contributed by atoms with E-state index in [0.29, 0.717) is 19.3 Å². The number of aliphatic hydroxyl groups excluding tert-OH is 1. The van der Waals surface area contributed by atoms with E-state index >= 15 is 0 Å². The molecule has 1 aliphatic rings. The van der Waals surface area contributed by atoms with Crippen molar-refractivity contribution >= 4 is 12.1 Å². The zero-order valence-electron chi connectivity index (χ0n) is 10.0. The molecule has 6 heteroatoms. The van der Waals surface area contributed by atoms with Crippen molar-refractivity contribution in [3.63, 3.8) is 0 Å². The lowest BCUT2D eigenvalue weighted by Crippen LogP contribution is -2.23. The van der Waals surface area contributed by atoms with Crippen LogP contribution in [0.1, 0.15) is 12.0 Å². The van der Waals surface area contributed by atoms with E-state index < -0.39 is 6.17 Å². The van der Waals surface area contributed by atoms with Crippen LogP contribution in [0, 0.1) is 10.8 Å². The van der Waals surface area contributed by atoms with E-state index in [4.69, 9.17) is 10.8 Å². The highest BCUT2D eigenvalue weighted by atomic mass is 19.1. The van der Waals surface area contributed by atoms with E-state index in [1.165, 1.54) is 4.57 Å². The quantitative estimate of drug-likeness (QED) is 0.549. The summed E-state index contributed by atoms with van der Waals surface area (Å²) in [6, 6.07) is 1.83. The number of alkyl halides is 1. The van der Waals surface area contributed by atoms with Crippen LogP contribution >= 0.6 is 0 Å². The minimum absolute atomic E-state index is 0.251. The van der Waals surface area contributed by atoms with Crippen molar-refractivity contribution < 1.29 is 9.50 Å². The maximum Gasteiger partial charge on any atom is 0.192 e. The molecule has 0 spiro atoms. The molecule has 1 aromatic heterocycles. The van der Waals surface area contributed by atoms with Crippen LogP contribution in [-0.2, 0) is 6.54 Å². The van der Waals surface area contributed by atoms with E-state index in [0.717, 1.165) is 18.5 Å². The predicted octanol–water partition coefficient (Wildman–Crippen LogP) is 0.868. The van der Waals surface area contributed by atoms with Gasteiger partial charge in [-0.1, -0.05) is 0 Å². The highest BCUT2D eigenvalue weighted by Gasteiger charge is 2.20. The molecule has 2 unspecified atom stereocenters. The first kappa shape index (κ1) is 12.9. The number of nitrogens with zero attached hydrogens (tertiary/aromatic N) is 2. The highest BCUT2D eigenvalue weighted by molar-refractivity contribution is 5.98. The second kappa shape index (κ2) is 5.41. The molecule has 0 aliphatic carbocycles. The zero-order chi connectivity index (χ0) is 13.1. The Morgan fingerprint density at radius 1 is 1.67 bits per heavy atom. The van der Waals surface area contributed by atoms with Crippen LogP contribution in [0.3, 0.4) is 0 Å². The number of aromatic nitrogens is 1. The molecule has 2 rings (SSSR count). The van der Waals surface area contributed by atoms with Gasteiger partial charge in [0, 0.05) is 38.2 Å². The van der Waals surface area contributed by atoms with Gasteiger partial charge in [-0.25, -0.2) is 4.39 Å². The lowest BCUT2D eigenvalue weighted by atomic mass is 10.3. The van der Waals surface area contributed by atoms with Crippen molar-refractivity contribution in [2.75, 3.05) is 13.1 Å². The summed E-state index contributed by atoms with van der Waals surface area (Å²) in [5, 5.41) is 23.8. The number of rotatable bonds is 4. The highest BCUT2D eigenvalue weighted by Crippen LogP contribution is 2.13. The third-order valence-electron chi connectivity index (χ3n) is 3.09. The van der Waals surface area contributed by atoms with Crippen molar-refractivity contribution in [3.05, 3.63) is 24.0 Å². The molecule has 0 amide bonds. The van der Waals surface area contributed by atoms with Crippen LogP contribution in [0.15, 0.2) is 18.5 Å². The SMILES string of the molecule is N=CC(F)C(=N)n1ccc(CN2CCC(O)C2)c1. The zero-order valence-corrected chi connectivity index (χ0v) is 10.0. The number of aliphatic hydroxyl groups is 1. The van der Waals surface area contributed by atoms with Crippen molar-refractivity contribution in [1.29, 1.82) is 10.8 Å². The minimum Gasteiger partial charge on any atom is -0.392 e. The van der Waals surface area contributed by atoms with Crippen LogP contribution in [0.2, 0.25) is 0 Å². The van der Waals surface area contributed by atoms with Gasteiger partial charge >= 0.3 is 0 Å². The second-order valence-corrected chi connectivity index (χ2v) is 4.56. The Balaban J connectivity index is 1.98. The molecular weight excluding hydrogens is 235 g/mol. The number of nitrogens with one attached hydrogen (secondary N) is 2. The third kappa shape index (κ3) is 2.83. The monoisotopic (exact) mass is 252 g/mol. The molecule has 1 fully saturated rings. The first-order chi connectivity index (χ1) is 8.60. The van der Waals surface area contributed by atoms with Crippen LogP contribution in [-0.4, -0.2) is 52.0 Å². The van der Waals surface area contributed by atoms with Gasteiger partial charge in [0.2, 0.25) is 0 Å². The number of β-amino-alcohol motifs (C(OH)–C–C–N with tert-alkyl or cyclic N) is 1. The van der Waals surface area contributed by atoms with Crippen LogP contribution < -0.4 is 0 Å². The summed E-state index contributed by atoms with van der Waals surface area (Å²) in [6.07, 6.45) is 2.80. The Labute approximate surface area is 105 Å². The summed E-state index contributed by atoms with van der Waals surface area (Å²) < 4.78 is 14.5. The summed E-state index contributed by atoms with van der Waals surface area (Å²) in [6.45, 7) is 2.21. The smallest absolute Gasteiger partial charge is 0.192 e. The van der Waals surface area contributed by atoms with Crippen LogP contribution in [0.5, 0.6) is 0 Å². The lowest BCUT2D eigenvalue weighted by molar-refractivity contribution is 0.175. The Kier molecular flexibility index (Phi) is 3.88. The molecule has 18 heavy (non-hydrogen) atoms. The predicted molar refractivity (Wildman–Crippen MR) is 67.1 cm³/mol. The Hall–Kier alpha value is -1.53. The van der Waals surface area contributed by atoms with Gasteiger partial charge in [-0.15, -0.1) is 0 Å². The number of hydrogen-bond acceptors (Lipinski definition) is 4. The van der Waals surface area contributed by atoms with Crippen molar-refractivity contribution in [1.82, 2.24) is 9.47 Å². The van der Waals surface area contributed by atoms with Gasteiger partial charge < -0.3 is 15.1 Å². The molecular formula is C12H17FN4O. The minimum atomic E-state index is -1.67. The fourth-order valence-corrected chi connectivity index (χ4v) is 2.12. The second-order valence-electron chi connectivity index (χ2n) is 4.56. The van der Waals surface area contributed by atoms with E-state index in [1.807, 2.05) is 6.07 Å². The van der Waals surface area contributed by atoms with E-state index in [1.54, 1.807) is 12.4 Å². The standard InChI is InChI=1S/C12H17FN4O/c13-11(5-14)12(15)17-4-1-9(7-17)6-16-3-2-10(18)8-16/h1,4-5,7,10-11,14-15,18H,2-3,6,8H2. The first-order valence-corrected chi connectivity index (χ1v) is 5.91. The molecule has 1 aromatic rings. The van der Waals surface area contributed by atoms with Gasteiger partial charge in [-0.2, -0.15) is 0 Å². The van der Waals surface area contributed by atoms with Crippen LogP contribution in [0.4, 0.5) is 4.39 Å². The Morgan fingerprint density at radius 2 is 2.44 bits per heavy atom. The maximum absolute atomic E-state index is 13.1. The number of hydrogen-bond donors (Lipinski definition) is 3. The van der Waals surface area contributed by atoms with Gasteiger partial charge in [0.15, 0.2) is 6.17 Å². The topological polar surface area (TPSA) is 76.1 Å². The summed E-state index contributed by atoms with van der Waals surface area (Å²) in [5.41, 5.74) is 0.978. The van der Waals surface area contributed by atoms with Crippen molar-refractivity contribution in [2.24, 2.45) is 0 Å². The summed E-state index contributed by atoms with van der Waals surface area (Å²) >= 11 is 0. The van der Waals surface area contributed by atoms with E-state index in [-0.39, 0.29) is 11.9 Å². The fraction of sp³-hybridized carbons (Fsp3) is 0.500. The summed E-state index contributed by atoms with van der Waals surface area (Å²) in [7, 11) is 0. The van der Waals surface area contributed by atoms with Gasteiger partial charge in [0.1, 0.15) is 5.84 Å². The molecule has 1 aliphatic heterocycles.